The van der Waals surface area contributed by atoms with E-state index in [1.165, 1.54) is 43.9 Å². The summed E-state index contributed by atoms with van der Waals surface area (Å²) in [7, 11) is 0.313. The predicted molar refractivity (Wildman–Crippen MR) is 110 cm³/mol. The van der Waals surface area contributed by atoms with E-state index in [2.05, 4.69) is 49.7 Å². The summed E-state index contributed by atoms with van der Waals surface area (Å²) in [6.45, 7) is 11.1. The summed E-state index contributed by atoms with van der Waals surface area (Å²) < 4.78 is 0. The first-order chi connectivity index (χ1) is 11.5. The van der Waals surface area contributed by atoms with Crippen LogP contribution in [0.5, 0.6) is 0 Å². The Morgan fingerprint density at radius 1 is 0.875 bits per heavy atom. The molecule has 2 nitrogen and oxygen atoms in total. The zero-order valence-electron chi connectivity index (χ0n) is 15.9. The number of pyridine rings is 1. The van der Waals surface area contributed by atoms with E-state index in [1.54, 1.807) is 0 Å². The average molecular weight is 364 g/mol. The van der Waals surface area contributed by atoms with Crippen molar-refractivity contribution in [3.05, 3.63) is 30.1 Å². The van der Waals surface area contributed by atoms with Crippen LogP contribution in [0.4, 0.5) is 0 Å². The van der Waals surface area contributed by atoms with Gasteiger partial charge in [-0.1, -0.05) is 49.6 Å². The number of aromatic nitrogens is 1. The Balaban J connectivity index is 1.70. The predicted octanol–water partition coefficient (Wildman–Crippen LogP) is 5.90. The summed E-state index contributed by atoms with van der Waals surface area (Å²) in [5.41, 5.74) is 5.06. The van der Waals surface area contributed by atoms with Crippen molar-refractivity contribution in [1.29, 1.82) is 0 Å². The Labute approximate surface area is 151 Å². The van der Waals surface area contributed by atoms with Gasteiger partial charge < -0.3 is 0 Å². The first kappa shape index (κ1) is 18.8. The molecule has 0 radical (unpaired) electrons. The molecule has 1 aromatic rings. The minimum atomic E-state index is 0.157. The summed E-state index contributed by atoms with van der Waals surface area (Å²) in [6, 6.07) is 6.37. The molecule has 0 spiro atoms. The molecular formula is C20H34N2P2. The maximum absolute atomic E-state index is 4.62. The molecule has 2 aliphatic rings. The molecule has 3 rings (SSSR count). The fraction of sp³-hybridized carbons (Fsp3) is 0.750. The number of nitrogens with zero attached hydrogens (tertiary/aromatic N) is 2. The lowest BCUT2D eigenvalue weighted by atomic mass is 10.2. The van der Waals surface area contributed by atoms with Crippen molar-refractivity contribution in [1.82, 2.24) is 9.88 Å². The summed E-state index contributed by atoms with van der Waals surface area (Å²) in [5.74, 6) is 0. The second kappa shape index (κ2) is 8.57. The lowest BCUT2D eigenvalue weighted by molar-refractivity contribution is 0.357. The van der Waals surface area contributed by atoms with E-state index in [4.69, 9.17) is 0 Å². The van der Waals surface area contributed by atoms with Gasteiger partial charge in [0, 0.05) is 25.3 Å². The molecular weight excluding hydrogens is 330 g/mol. The SMILES string of the molecule is C[C@@H]1CC[C@@H](C)P1CN(Cc1ccccn1)CP1[C@@H](C)CC[C@@H]1C. The number of hydrogen-bond donors (Lipinski definition) is 0. The third kappa shape index (κ3) is 4.57. The lowest BCUT2D eigenvalue weighted by Gasteiger charge is -2.34. The van der Waals surface area contributed by atoms with Crippen molar-refractivity contribution in [3.8, 4) is 0 Å². The lowest BCUT2D eigenvalue weighted by Crippen LogP contribution is -2.28. The highest BCUT2D eigenvalue weighted by Crippen LogP contribution is 2.59. The molecule has 4 atom stereocenters. The van der Waals surface area contributed by atoms with Crippen LogP contribution in [-0.2, 0) is 6.54 Å². The van der Waals surface area contributed by atoms with Crippen LogP contribution in [0.2, 0.25) is 0 Å². The van der Waals surface area contributed by atoms with Crippen molar-refractivity contribution < 1.29 is 0 Å². The summed E-state index contributed by atoms with van der Waals surface area (Å²) in [4.78, 5) is 7.42. The summed E-state index contributed by atoms with van der Waals surface area (Å²) >= 11 is 0. The maximum atomic E-state index is 4.62. The highest BCUT2D eigenvalue weighted by molar-refractivity contribution is 7.60. The highest BCUT2D eigenvalue weighted by Gasteiger charge is 2.34. The zero-order valence-corrected chi connectivity index (χ0v) is 17.6. The van der Waals surface area contributed by atoms with Crippen LogP contribution in [0.15, 0.2) is 24.4 Å². The van der Waals surface area contributed by atoms with E-state index < -0.39 is 0 Å². The fourth-order valence-electron chi connectivity index (χ4n) is 4.38. The average Bonchev–Trinajstić information content (AvgIpc) is 3.06. The fourth-order valence-corrected chi connectivity index (χ4v) is 10.6. The third-order valence-electron chi connectivity index (χ3n) is 6.11. The molecule has 0 saturated carbocycles. The van der Waals surface area contributed by atoms with Crippen LogP contribution in [0.25, 0.3) is 0 Å². The molecule has 0 unspecified atom stereocenters. The minimum absolute atomic E-state index is 0.157. The van der Waals surface area contributed by atoms with Crippen LogP contribution < -0.4 is 0 Å². The molecule has 24 heavy (non-hydrogen) atoms. The molecule has 0 aromatic carbocycles. The van der Waals surface area contributed by atoms with Crippen molar-refractivity contribution >= 4 is 15.8 Å². The molecule has 1 aromatic heterocycles. The molecule has 0 N–H and O–H groups in total. The monoisotopic (exact) mass is 364 g/mol. The minimum Gasteiger partial charge on any atom is -0.289 e. The summed E-state index contributed by atoms with van der Waals surface area (Å²) in [6.07, 6.45) is 10.4. The van der Waals surface area contributed by atoms with Crippen molar-refractivity contribution in [2.24, 2.45) is 0 Å². The third-order valence-corrected chi connectivity index (χ3v) is 13.1. The van der Waals surface area contributed by atoms with Gasteiger partial charge in [0.2, 0.25) is 0 Å². The molecule has 134 valence electrons. The largest absolute Gasteiger partial charge is 0.289 e. The maximum Gasteiger partial charge on any atom is 0.0544 e. The van der Waals surface area contributed by atoms with Gasteiger partial charge in [-0.3, -0.25) is 9.88 Å². The number of rotatable bonds is 6. The first-order valence-corrected chi connectivity index (χ1v) is 13.0. The normalized spacial score (nSPS) is 32.0. The zero-order chi connectivity index (χ0) is 17.1. The molecule has 2 saturated heterocycles. The Morgan fingerprint density at radius 2 is 1.38 bits per heavy atom. The molecule has 0 amide bonds. The van der Waals surface area contributed by atoms with E-state index in [-0.39, 0.29) is 15.8 Å². The van der Waals surface area contributed by atoms with Crippen molar-refractivity contribution in [3.63, 3.8) is 0 Å². The van der Waals surface area contributed by atoms with Crippen molar-refractivity contribution in [2.75, 3.05) is 12.6 Å². The highest BCUT2D eigenvalue weighted by atomic mass is 31.1. The Morgan fingerprint density at radius 3 is 1.79 bits per heavy atom. The molecule has 0 bridgehead atoms. The quantitative estimate of drug-likeness (QED) is 0.584. The van der Waals surface area contributed by atoms with Crippen LogP contribution in [0, 0.1) is 0 Å². The van der Waals surface area contributed by atoms with Gasteiger partial charge in [-0.2, -0.15) is 0 Å². The first-order valence-electron chi connectivity index (χ1n) is 9.68. The molecule has 2 aliphatic heterocycles. The summed E-state index contributed by atoms with van der Waals surface area (Å²) in [5, 5.41) is 0. The van der Waals surface area contributed by atoms with Crippen LogP contribution >= 0.6 is 15.8 Å². The van der Waals surface area contributed by atoms with Crippen molar-refractivity contribution in [2.45, 2.75) is 82.6 Å². The van der Waals surface area contributed by atoms with E-state index in [0.29, 0.717) is 0 Å². The standard InChI is InChI=1S/C20H34N2P2/c1-16-8-9-17(2)23(16)14-22(13-20-7-5-6-12-21-20)15-24-18(3)10-11-19(24)4/h5-7,12,16-19H,8-11,13-15H2,1-4H3/t16-,17-,18+,19+. The van der Waals surface area contributed by atoms with Crippen LogP contribution in [0.1, 0.15) is 59.1 Å². The van der Waals surface area contributed by atoms with Gasteiger partial charge in [0.15, 0.2) is 0 Å². The number of hydrogen-bond acceptors (Lipinski definition) is 2. The molecule has 4 heteroatoms. The van der Waals surface area contributed by atoms with Crippen LogP contribution in [-0.4, -0.2) is 45.1 Å². The van der Waals surface area contributed by atoms with Gasteiger partial charge in [0.1, 0.15) is 0 Å². The Bertz CT molecular complexity index is 464. The topological polar surface area (TPSA) is 16.1 Å². The Kier molecular flexibility index (Phi) is 6.70. The molecule has 2 fully saturated rings. The Hall–Kier alpha value is -0.0300. The van der Waals surface area contributed by atoms with Gasteiger partial charge in [0.25, 0.3) is 0 Å². The van der Waals surface area contributed by atoms with Crippen LogP contribution in [0.3, 0.4) is 0 Å². The van der Waals surface area contributed by atoms with E-state index >= 15 is 0 Å². The smallest absolute Gasteiger partial charge is 0.0544 e. The van der Waals surface area contributed by atoms with Gasteiger partial charge >= 0.3 is 0 Å². The van der Waals surface area contributed by atoms with Gasteiger partial charge in [-0.05, 0) is 60.5 Å². The van der Waals surface area contributed by atoms with Gasteiger partial charge in [-0.25, -0.2) is 0 Å². The second-order valence-corrected chi connectivity index (χ2v) is 14.2. The van der Waals surface area contributed by atoms with E-state index in [9.17, 15) is 0 Å². The van der Waals surface area contributed by atoms with Gasteiger partial charge in [0.05, 0.1) is 5.69 Å². The van der Waals surface area contributed by atoms with E-state index in [1.807, 2.05) is 12.3 Å². The van der Waals surface area contributed by atoms with Gasteiger partial charge in [-0.15, -0.1) is 0 Å². The molecule has 3 heterocycles. The molecule has 0 aliphatic carbocycles. The second-order valence-electron chi connectivity index (χ2n) is 8.01. The van der Waals surface area contributed by atoms with E-state index in [0.717, 1.165) is 29.2 Å².